The number of methoxy groups -OCH3 is 1. The fourth-order valence-corrected chi connectivity index (χ4v) is 4.63. The van der Waals surface area contributed by atoms with Gasteiger partial charge < -0.3 is 9.30 Å². The van der Waals surface area contributed by atoms with Crippen LogP contribution in [0.3, 0.4) is 0 Å². The second kappa shape index (κ2) is 7.96. The zero-order chi connectivity index (χ0) is 18.7. The molecule has 1 unspecified atom stereocenters. The van der Waals surface area contributed by atoms with Crippen LogP contribution in [0.25, 0.3) is 0 Å². The van der Waals surface area contributed by atoms with Crippen molar-refractivity contribution in [3.05, 3.63) is 41.3 Å². The van der Waals surface area contributed by atoms with Gasteiger partial charge in [0.1, 0.15) is 10.9 Å². The normalized spacial score (nSPS) is 16.7. The summed E-state index contributed by atoms with van der Waals surface area (Å²) < 4.78 is 34.6. The van der Waals surface area contributed by atoms with E-state index in [0.29, 0.717) is 0 Å². The first kappa shape index (κ1) is 19.2. The second-order valence-electron chi connectivity index (χ2n) is 6.34. The van der Waals surface area contributed by atoms with Gasteiger partial charge in [0, 0.05) is 19.6 Å². The molecule has 1 saturated heterocycles. The van der Waals surface area contributed by atoms with Gasteiger partial charge in [-0.1, -0.05) is 23.7 Å². The molecule has 1 aromatic carbocycles. The van der Waals surface area contributed by atoms with E-state index in [1.807, 2.05) is 24.3 Å². The molecule has 0 bridgehead atoms. The molecule has 26 heavy (non-hydrogen) atoms. The fraction of sp³-hybridized carbons (Fsp3) is 0.471. The summed E-state index contributed by atoms with van der Waals surface area (Å²) in [4.78, 5) is 6.20. The smallest absolute Gasteiger partial charge is 0.261 e. The fourth-order valence-electron chi connectivity index (χ4n) is 3.17. The lowest BCUT2D eigenvalue weighted by Gasteiger charge is -2.28. The van der Waals surface area contributed by atoms with Gasteiger partial charge in [-0.2, -0.15) is 0 Å². The van der Waals surface area contributed by atoms with Gasteiger partial charge in [0.2, 0.25) is 5.03 Å². The van der Waals surface area contributed by atoms with Crippen LogP contribution < -0.4 is 9.46 Å². The number of hydrogen-bond donors (Lipinski definition) is 1. The van der Waals surface area contributed by atoms with Gasteiger partial charge in [-0.3, -0.25) is 4.90 Å². The minimum Gasteiger partial charge on any atom is -0.497 e. The van der Waals surface area contributed by atoms with Crippen LogP contribution in [0, 0.1) is 0 Å². The van der Waals surface area contributed by atoms with Crippen LogP contribution in [0.4, 0.5) is 0 Å². The average molecular weight is 399 g/mol. The van der Waals surface area contributed by atoms with E-state index in [1.54, 1.807) is 14.2 Å². The summed E-state index contributed by atoms with van der Waals surface area (Å²) in [6.45, 7) is 2.15. The van der Waals surface area contributed by atoms with Crippen molar-refractivity contribution in [1.29, 1.82) is 0 Å². The van der Waals surface area contributed by atoms with E-state index >= 15 is 0 Å². The summed E-state index contributed by atoms with van der Waals surface area (Å²) in [6.07, 6.45) is 3.62. The zero-order valence-corrected chi connectivity index (χ0v) is 16.4. The Morgan fingerprint density at radius 1 is 1.27 bits per heavy atom. The highest BCUT2D eigenvalue weighted by atomic mass is 35.5. The van der Waals surface area contributed by atoms with Crippen LogP contribution in [0.15, 0.2) is 35.6 Å². The van der Waals surface area contributed by atoms with Crippen LogP contribution in [0.2, 0.25) is 5.15 Å². The Kier molecular flexibility index (Phi) is 5.86. The first-order valence-corrected chi connectivity index (χ1v) is 10.3. The average Bonchev–Trinajstić information content (AvgIpc) is 3.27. The van der Waals surface area contributed by atoms with E-state index in [4.69, 9.17) is 16.3 Å². The minimum absolute atomic E-state index is 0.0549. The quantitative estimate of drug-likeness (QED) is 0.773. The molecule has 2 aromatic rings. The van der Waals surface area contributed by atoms with Crippen LogP contribution in [0.5, 0.6) is 5.75 Å². The van der Waals surface area contributed by atoms with E-state index < -0.39 is 10.0 Å². The summed E-state index contributed by atoms with van der Waals surface area (Å²) >= 11 is 6.04. The van der Waals surface area contributed by atoms with Gasteiger partial charge in [0.25, 0.3) is 10.0 Å². The molecular formula is C17H23ClN4O3S. The number of imidazole rings is 1. The summed E-state index contributed by atoms with van der Waals surface area (Å²) in [5, 5.41) is -0.0451. The number of benzene rings is 1. The predicted octanol–water partition coefficient (Wildman–Crippen LogP) is 2.20. The predicted molar refractivity (Wildman–Crippen MR) is 99.9 cm³/mol. The van der Waals surface area contributed by atoms with Gasteiger partial charge in [0.15, 0.2) is 0 Å². The maximum Gasteiger partial charge on any atom is 0.261 e. The van der Waals surface area contributed by atoms with E-state index in [2.05, 4.69) is 14.6 Å². The molecule has 1 atom stereocenters. The molecule has 142 valence electrons. The number of nitrogens with one attached hydrogen (secondary N) is 1. The third kappa shape index (κ3) is 4.03. The molecule has 0 amide bonds. The zero-order valence-electron chi connectivity index (χ0n) is 14.9. The molecule has 9 heteroatoms. The Bertz CT molecular complexity index is 845. The highest BCUT2D eigenvalue weighted by molar-refractivity contribution is 7.89. The number of likely N-dealkylation sites (tertiary alicyclic amines) is 1. The van der Waals surface area contributed by atoms with Crippen LogP contribution in [-0.4, -0.2) is 49.6 Å². The van der Waals surface area contributed by atoms with Crippen molar-refractivity contribution >= 4 is 21.6 Å². The Labute approximate surface area is 159 Å². The Morgan fingerprint density at radius 3 is 2.46 bits per heavy atom. The molecule has 1 aliphatic rings. The van der Waals surface area contributed by atoms with E-state index in [9.17, 15) is 8.42 Å². The maximum absolute atomic E-state index is 12.6. The first-order chi connectivity index (χ1) is 12.4. The van der Waals surface area contributed by atoms with Gasteiger partial charge in [-0.15, -0.1) is 0 Å². The number of ether oxygens (including phenoxy) is 1. The molecule has 2 heterocycles. The van der Waals surface area contributed by atoms with E-state index in [1.165, 1.54) is 10.9 Å². The third-order valence-corrected chi connectivity index (χ3v) is 6.55. The Morgan fingerprint density at radius 2 is 1.92 bits per heavy atom. The van der Waals surface area contributed by atoms with Gasteiger partial charge >= 0.3 is 0 Å². The van der Waals surface area contributed by atoms with Crippen molar-refractivity contribution < 1.29 is 13.2 Å². The highest BCUT2D eigenvalue weighted by Gasteiger charge is 2.28. The molecular weight excluding hydrogens is 376 g/mol. The standard InChI is InChI=1S/C17H23ClN4O3S/c1-21-12-19-17(16(21)18)26(23,24)20-11-15(22-9-3-4-10-22)13-5-7-14(25-2)8-6-13/h5-8,12,15,20H,3-4,9-11H2,1-2H3. The number of nitrogens with zero attached hydrogens (tertiary/aromatic N) is 3. The van der Waals surface area contributed by atoms with Crippen molar-refractivity contribution in [2.75, 3.05) is 26.7 Å². The molecule has 1 aliphatic heterocycles. The summed E-state index contributed by atoms with van der Waals surface area (Å²) in [5.41, 5.74) is 1.04. The number of rotatable bonds is 7. The lowest BCUT2D eigenvalue weighted by atomic mass is 10.1. The van der Waals surface area contributed by atoms with Crippen molar-refractivity contribution in [3.63, 3.8) is 0 Å². The maximum atomic E-state index is 12.6. The third-order valence-electron chi connectivity index (χ3n) is 4.64. The highest BCUT2D eigenvalue weighted by Crippen LogP contribution is 2.27. The Hall–Kier alpha value is -1.61. The van der Waals surface area contributed by atoms with E-state index in [-0.39, 0.29) is 22.8 Å². The van der Waals surface area contributed by atoms with Crippen LogP contribution >= 0.6 is 11.6 Å². The van der Waals surface area contributed by atoms with Gasteiger partial charge in [0.05, 0.1) is 13.4 Å². The van der Waals surface area contributed by atoms with Crippen molar-refractivity contribution in [2.45, 2.75) is 23.9 Å². The monoisotopic (exact) mass is 398 g/mol. The topological polar surface area (TPSA) is 76.5 Å². The van der Waals surface area contributed by atoms with Crippen LogP contribution in [0.1, 0.15) is 24.4 Å². The molecule has 1 fully saturated rings. The molecule has 0 saturated carbocycles. The molecule has 1 aromatic heterocycles. The largest absolute Gasteiger partial charge is 0.497 e. The summed E-state index contributed by atoms with van der Waals surface area (Å²) in [6, 6.07) is 7.68. The van der Waals surface area contributed by atoms with Gasteiger partial charge in [-0.05, 0) is 43.6 Å². The minimum atomic E-state index is -3.78. The van der Waals surface area contributed by atoms with Crippen molar-refractivity contribution in [1.82, 2.24) is 19.2 Å². The first-order valence-electron chi connectivity index (χ1n) is 8.47. The number of halogens is 1. The van der Waals surface area contributed by atoms with Crippen molar-refractivity contribution in [2.24, 2.45) is 7.05 Å². The Balaban J connectivity index is 1.80. The van der Waals surface area contributed by atoms with E-state index in [0.717, 1.165) is 37.2 Å². The van der Waals surface area contributed by atoms with Crippen LogP contribution in [-0.2, 0) is 17.1 Å². The lowest BCUT2D eigenvalue weighted by Crippen LogP contribution is -2.37. The second-order valence-corrected chi connectivity index (χ2v) is 8.38. The number of hydrogen-bond acceptors (Lipinski definition) is 5. The molecule has 3 rings (SSSR count). The molecule has 1 N–H and O–H groups in total. The number of aryl methyl sites for hydroxylation is 1. The molecule has 0 spiro atoms. The molecule has 0 radical (unpaired) electrons. The summed E-state index contributed by atoms with van der Waals surface area (Å²) in [5.74, 6) is 0.773. The molecule has 7 nitrogen and oxygen atoms in total. The number of sulfonamides is 1. The van der Waals surface area contributed by atoms with Gasteiger partial charge in [-0.25, -0.2) is 18.1 Å². The molecule has 0 aliphatic carbocycles. The summed E-state index contributed by atoms with van der Waals surface area (Å²) in [7, 11) is -0.507. The number of aromatic nitrogens is 2. The van der Waals surface area contributed by atoms with Crippen molar-refractivity contribution in [3.8, 4) is 5.75 Å². The lowest BCUT2D eigenvalue weighted by molar-refractivity contribution is 0.246. The SMILES string of the molecule is COc1ccc(C(CNS(=O)(=O)c2ncn(C)c2Cl)N2CCCC2)cc1.